The van der Waals surface area contributed by atoms with E-state index in [1.807, 2.05) is 13.0 Å². The summed E-state index contributed by atoms with van der Waals surface area (Å²) in [6.07, 6.45) is 6.24. The molecule has 0 saturated heterocycles. The van der Waals surface area contributed by atoms with Gasteiger partial charge in [0.1, 0.15) is 18.0 Å². The molecule has 132 valence electrons. The molecular weight excluding hydrogens is 347 g/mol. The van der Waals surface area contributed by atoms with Gasteiger partial charge in [-0.1, -0.05) is 6.07 Å². The van der Waals surface area contributed by atoms with Gasteiger partial charge >= 0.3 is 0 Å². The number of rotatable bonds is 4. The lowest BCUT2D eigenvalue weighted by Gasteiger charge is -2.16. The van der Waals surface area contributed by atoms with Crippen molar-refractivity contribution in [2.75, 3.05) is 5.32 Å². The third-order valence-corrected chi connectivity index (χ3v) is 4.06. The van der Waals surface area contributed by atoms with Crippen molar-refractivity contribution >= 4 is 16.9 Å². The summed E-state index contributed by atoms with van der Waals surface area (Å²) in [5.41, 5.74) is 1.24. The van der Waals surface area contributed by atoms with E-state index in [0.717, 1.165) is 0 Å². The Morgan fingerprint density at radius 2 is 2.00 bits per heavy atom. The van der Waals surface area contributed by atoms with Gasteiger partial charge in [0, 0.05) is 18.0 Å². The van der Waals surface area contributed by atoms with Crippen LogP contribution in [0.25, 0.3) is 17.0 Å². The van der Waals surface area contributed by atoms with Crippen LogP contribution in [-0.2, 0) is 0 Å². The van der Waals surface area contributed by atoms with E-state index in [1.165, 1.54) is 17.1 Å². The summed E-state index contributed by atoms with van der Waals surface area (Å²) in [5, 5.41) is 17.0. The van der Waals surface area contributed by atoms with Crippen molar-refractivity contribution in [3.05, 3.63) is 66.1 Å². The average Bonchev–Trinajstić information content (AvgIpc) is 3.13. The van der Waals surface area contributed by atoms with Gasteiger partial charge in [-0.15, -0.1) is 0 Å². The van der Waals surface area contributed by atoms with Crippen LogP contribution in [0.1, 0.15) is 24.1 Å². The lowest BCUT2D eigenvalue weighted by atomic mass is 10.1. The van der Waals surface area contributed by atoms with Crippen LogP contribution in [0.2, 0.25) is 0 Å². The summed E-state index contributed by atoms with van der Waals surface area (Å²) in [5.74, 6) is 0.453. The summed E-state index contributed by atoms with van der Waals surface area (Å²) in [4.78, 5) is 16.8. The lowest BCUT2D eigenvalue weighted by molar-refractivity contribution is 0.599. The maximum Gasteiger partial charge on any atom is 0.252 e. The van der Waals surface area contributed by atoms with Crippen molar-refractivity contribution in [3.8, 4) is 12.0 Å². The Kier molecular flexibility index (Phi) is 4.14. The van der Waals surface area contributed by atoms with Crippen LogP contribution in [0, 0.1) is 17.1 Å². The highest BCUT2D eigenvalue weighted by atomic mass is 19.1. The molecule has 0 aliphatic carbocycles. The molecule has 3 heterocycles. The highest BCUT2D eigenvalue weighted by molar-refractivity contribution is 5.86. The monoisotopic (exact) mass is 360 g/mol. The first-order valence-corrected chi connectivity index (χ1v) is 8.09. The van der Waals surface area contributed by atoms with E-state index in [0.29, 0.717) is 28.4 Å². The molecule has 0 amide bonds. The summed E-state index contributed by atoms with van der Waals surface area (Å²) in [6.45, 7) is 1.81. The maximum atomic E-state index is 14.3. The summed E-state index contributed by atoms with van der Waals surface area (Å²) in [6, 6.07) is 7.64. The summed E-state index contributed by atoms with van der Waals surface area (Å²) >= 11 is 0. The van der Waals surface area contributed by atoms with Gasteiger partial charge in [0.2, 0.25) is 0 Å². The lowest BCUT2D eigenvalue weighted by Crippen LogP contribution is -2.10. The topological polar surface area (TPSA) is 105 Å². The Balaban J connectivity index is 1.69. The second kappa shape index (κ2) is 6.76. The van der Waals surface area contributed by atoms with Crippen molar-refractivity contribution in [1.82, 2.24) is 29.7 Å². The number of benzene rings is 1. The zero-order valence-electron chi connectivity index (χ0n) is 14.2. The molecule has 1 unspecified atom stereocenters. The average molecular weight is 360 g/mol. The number of hydrogen-bond acceptors (Lipinski definition) is 7. The second-order valence-corrected chi connectivity index (χ2v) is 5.78. The minimum Gasteiger partial charge on any atom is -0.363 e. The fourth-order valence-corrected chi connectivity index (χ4v) is 2.74. The van der Waals surface area contributed by atoms with E-state index in [1.54, 1.807) is 36.8 Å². The number of nitrogens with zero attached hydrogens (tertiary/aromatic N) is 7. The van der Waals surface area contributed by atoms with E-state index in [2.05, 4.69) is 30.4 Å². The molecule has 0 radical (unpaired) electrons. The van der Waals surface area contributed by atoms with Gasteiger partial charge in [0.15, 0.2) is 5.65 Å². The first kappa shape index (κ1) is 16.5. The molecule has 4 aromatic rings. The zero-order valence-corrected chi connectivity index (χ0v) is 14.2. The minimum atomic E-state index is -0.451. The molecule has 0 spiro atoms. The van der Waals surface area contributed by atoms with Crippen molar-refractivity contribution in [2.24, 2.45) is 0 Å². The van der Waals surface area contributed by atoms with E-state index >= 15 is 0 Å². The molecule has 0 fully saturated rings. The first-order valence-electron chi connectivity index (χ1n) is 8.09. The number of nitriles is 1. The normalized spacial score (nSPS) is 11.9. The Morgan fingerprint density at radius 3 is 2.74 bits per heavy atom. The van der Waals surface area contributed by atoms with E-state index in [4.69, 9.17) is 5.26 Å². The molecule has 27 heavy (non-hydrogen) atoms. The van der Waals surface area contributed by atoms with E-state index in [-0.39, 0.29) is 11.6 Å². The summed E-state index contributed by atoms with van der Waals surface area (Å²) in [7, 11) is 0. The van der Waals surface area contributed by atoms with Gasteiger partial charge in [-0.2, -0.15) is 15.0 Å². The number of aromatic nitrogens is 6. The maximum absolute atomic E-state index is 14.3. The van der Waals surface area contributed by atoms with Crippen molar-refractivity contribution in [2.45, 2.75) is 13.0 Å². The molecule has 1 N–H and O–H groups in total. The first-order chi connectivity index (χ1) is 13.2. The van der Waals surface area contributed by atoms with Gasteiger partial charge in [-0.25, -0.2) is 24.3 Å². The molecule has 0 saturated carbocycles. The molecule has 4 rings (SSSR count). The summed E-state index contributed by atoms with van der Waals surface area (Å²) < 4.78 is 15.8. The standard InChI is InChI=1S/C18H13FN8/c1-11(13-4-3-12(8-20)7-15(13)19)26-16-14-9-25-27(17(14)24-10-23-16)18-21-5-2-6-22-18/h2-7,9-11H,1H3,(H,23,24,26). The van der Waals surface area contributed by atoms with Crippen LogP contribution < -0.4 is 5.32 Å². The predicted octanol–water partition coefficient (Wildman–Crippen LogP) is 2.79. The van der Waals surface area contributed by atoms with Crippen LogP contribution in [0.4, 0.5) is 10.2 Å². The smallest absolute Gasteiger partial charge is 0.252 e. The van der Waals surface area contributed by atoms with Gasteiger partial charge in [0.25, 0.3) is 5.95 Å². The Labute approximate surface area is 153 Å². The fourth-order valence-electron chi connectivity index (χ4n) is 2.74. The van der Waals surface area contributed by atoms with Crippen LogP contribution in [0.3, 0.4) is 0 Å². The Morgan fingerprint density at radius 1 is 1.19 bits per heavy atom. The number of nitrogens with one attached hydrogen (secondary N) is 1. The number of halogens is 1. The van der Waals surface area contributed by atoms with Crippen molar-refractivity contribution in [1.29, 1.82) is 5.26 Å². The fraction of sp³-hybridized carbons (Fsp3) is 0.111. The van der Waals surface area contributed by atoms with Gasteiger partial charge in [-0.05, 0) is 25.1 Å². The largest absolute Gasteiger partial charge is 0.363 e. The quantitative estimate of drug-likeness (QED) is 0.596. The van der Waals surface area contributed by atoms with Crippen molar-refractivity contribution < 1.29 is 4.39 Å². The minimum absolute atomic E-state index is 0.275. The van der Waals surface area contributed by atoms with E-state index < -0.39 is 5.82 Å². The molecule has 0 aliphatic rings. The van der Waals surface area contributed by atoms with Gasteiger partial charge in [0.05, 0.1) is 29.3 Å². The molecule has 8 nitrogen and oxygen atoms in total. The molecular formula is C18H13FN8. The Hall–Kier alpha value is -3.93. The highest BCUT2D eigenvalue weighted by Crippen LogP contribution is 2.26. The number of anilines is 1. The third kappa shape index (κ3) is 3.04. The third-order valence-electron chi connectivity index (χ3n) is 4.06. The molecule has 0 bridgehead atoms. The van der Waals surface area contributed by atoms with Crippen LogP contribution in [0.5, 0.6) is 0 Å². The number of fused-ring (bicyclic) bond motifs is 1. The molecule has 1 aromatic carbocycles. The van der Waals surface area contributed by atoms with Gasteiger partial charge in [-0.3, -0.25) is 0 Å². The van der Waals surface area contributed by atoms with E-state index in [9.17, 15) is 4.39 Å². The van der Waals surface area contributed by atoms with Crippen molar-refractivity contribution in [3.63, 3.8) is 0 Å². The molecule has 3 aromatic heterocycles. The van der Waals surface area contributed by atoms with Crippen LogP contribution >= 0.6 is 0 Å². The Bertz CT molecular complexity index is 1150. The SMILES string of the molecule is CC(Nc1ncnc2c1cnn2-c1ncccn1)c1ccc(C#N)cc1F. The van der Waals surface area contributed by atoms with Crippen LogP contribution in [0.15, 0.2) is 49.2 Å². The van der Waals surface area contributed by atoms with Crippen LogP contribution in [-0.4, -0.2) is 29.7 Å². The second-order valence-electron chi connectivity index (χ2n) is 5.78. The molecule has 0 aliphatic heterocycles. The predicted molar refractivity (Wildman–Crippen MR) is 95.4 cm³/mol. The number of hydrogen-bond donors (Lipinski definition) is 1. The molecule has 1 atom stereocenters. The highest BCUT2D eigenvalue weighted by Gasteiger charge is 2.16. The zero-order chi connectivity index (χ0) is 18.8. The molecule has 9 heteroatoms. The van der Waals surface area contributed by atoms with Gasteiger partial charge < -0.3 is 5.32 Å².